The van der Waals surface area contributed by atoms with Gasteiger partial charge in [-0.3, -0.25) is 9.52 Å². The van der Waals surface area contributed by atoms with Crippen molar-refractivity contribution in [1.29, 1.82) is 0 Å². The lowest BCUT2D eigenvalue weighted by atomic mass is 9.96. The van der Waals surface area contributed by atoms with Gasteiger partial charge in [0.25, 0.3) is 15.9 Å². The third-order valence-corrected chi connectivity index (χ3v) is 7.80. The summed E-state index contributed by atoms with van der Waals surface area (Å²) < 4.78 is 28.6. The van der Waals surface area contributed by atoms with Crippen molar-refractivity contribution in [3.05, 3.63) is 92.5 Å². The van der Waals surface area contributed by atoms with E-state index in [2.05, 4.69) is 29.1 Å². The number of hydrogen-bond donors (Lipinski definition) is 2. The van der Waals surface area contributed by atoms with E-state index in [0.717, 1.165) is 27.8 Å². The van der Waals surface area contributed by atoms with Crippen LogP contribution in [0.5, 0.6) is 0 Å². The quantitative estimate of drug-likeness (QED) is 0.439. The fourth-order valence-corrected chi connectivity index (χ4v) is 5.25. The number of halogens is 1. The standard InChI is InChI=1S/C26H29ClN2O3S/c1-15-7-9-22(12-17(15)3)29-33(31,32)25-14-21(8-10-24(25)27)26(30)28-20(6)23-13-18(4)16(2)11-19(23)5/h7-14,20,29H,1-6H3,(H,28,30). The summed E-state index contributed by atoms with van der Waals surface area (Å²) in [6, 6.07) is 13.5. The molecule has 0 saturated carbocycles. The lowest BCUT2D eigenvalue weighted by Crippen LogP contribution is -2.27. The molecule has 33 heavy (non-hydrogen) atoms. The average molecular weight is 485 g/mol. The number of benzene rings is 3. The van der Waals surface area contributed by atoms with E-state index in [0.29, 0.717) is 5.69 Å². The van der Waals surface area contributed by atoms with Gasteiger partial charge in [-0.15, -0.1) is 0 Å². The van der Waals surface area contributed by atoms with Crippen LogP contribution in [-0.4, -0.2) is 14.3 Å². The highest BCUT2D eigenvalue weighted by atomic mass is 35.5. The summed E-state index contributed by atoms with van der Waals surface area (Å²) in [5.74, 6) is -0.376. The molecule has 3 aromatic rings. The monoisotopic (exact) mass is 484 g/mol. The molecular weight excluding hydrogens is 456 g/mol. The van der Waals surface area contributed by atoms with Crippen LogP contribution < -0.4 is 10.0 Å². The van der Waals surface area contributed by atoms with Gasteiger partial charge < -0.3 is 5.32 Å². The van der Waals surface area contributed by atoms with Crippen LogP contribution in [0, 0.1) is 34.6 Å². The third kappa shape index (κ3) is 5.57. The Morgan fingerprint density at radius 3 is 2.12 bits per heavy atom. The highest BCUT2D eigenvalue weighted by molar-refractivity contribution is 7.92. The maximum absolute atomic E-state index is 13.0. The van der Waals surface area contributed by atoms with Gasteiger partial charge in [-0.25, -0.2) is 8.42 Å². The van der Waals surface area contributed by atoms with E-state index >= 15 is 0 Å². The number of nitrogens with one attached hydrogen (secondary N) is 2. The molecule has 5 nitrogen and oxygen atoms in total. The van der Waals surface area contributed by atoms with Crippen LogP contribution in [0.1, 0.15) is 56.7 Å². The Bertz CT molecular complexity index is 1330. The van der Waals surface area contributed by atoms with E-state index in [1.165, 1.54) is 23.8 Å². The highest BCUT2D eigenvalue weighted by Crippen LogP contribution is 2.27. The van der Waals surface area contributed by atoms with Crippen molar-refractivity contribution >= 4 is 33.2 Å². The van der Waals surface area contributed by atoms with Gasteiger partial charge in [0.15, 0.2) is 0 Å². The van der Waals surface area contributed by atoms with Crippen LogP contribution in [0.2, 0.25) is 5.02 Å². The van der Waals surface area contributed by atoms with Crippen LogP contribution in [0.4, 0.5) is 5.69 Å². The van der Waals surface area contributed by atoms with E-state index in [1.807, 2.05) is 40.7 Å². The smallest absolute Gasteiger partial charge is 0.263 e. The second-order valence-electron chi connectivity index (χ2n) is 8.54. The summed E-state index contributed by atoms with van der Waals surface area (Å²) in [6.07, 6.45) is 0. The number of anilines is 1. The first-order valence-electron chi connectivity index (χ1n) is 10.7. The zero-order valence-corrected chi connectivity index (χ0v) is 21.3. The molecule has 0 heterocycles. The minimum Gasteiger partial charge on any atom is -0.346 e. The number of aryl methyl sites for hydroxylation is 5. The number of sulfonamides is 1. The van der Waals surface area contributed by atoms with Crippen molar-refractivity contribution in [3.8, 4) is 0 Å². The molecule has 174 valence electrons. The first-order chi connectivity index (χ1) is 15.4. The molecule has 0 radical (unpaired) electrons. The second kappa shape index (κ2) is 9.57. The van der Waals surface area contributed by atoms with Crippen molar-refractivity contribution in [3.63, 3.8) is 0 Å². The SMILES string of the molecule is Cc1ccc(NS(=O)(=O)c2cc(C(=O)NC(C)c3cc(C)c(C)cc3C)ccc2Cl)cc1C. The zero-order chi connectivity index (χ0) is 24.5. The third-order valence-electron chi connectivity index (χ3n) is 5.94. The van der Waals surface area contributed by atoms with Gasteiger partial charge >= 0.3 is 0 Å². The van der Waals surface area contributed by atoms with Gasteiger partial charge in [0.1, 0.15) is 4.90 Å². The molecule has 3 rings (SSSR count). The molecular formula is C26H29ClN2O3S. The molecule has 0 bridgehead atoms. The zero-order valence-electron chi connectivity index (χ0n) is 19.7. The number of carbonyl (C=O) groups is 1. The predicted octanol–water partition coefficient (Wildman–Crippen LogP) is 6.17. The van der Waals surface area contributed by atoms with Crippen molar-refractivity contribution < 1.29 is 13.2 Å². The van der Waals surface area contributed by atoms with Gasteiger partial charge in [0.2, 0.25) is 0 Å². The van der Waals surface area contributed by atoms with E-state index in [4.69, 9.17) is 11.6 Å². The lowest BCUT2D eigenvalue weighted by molar-refractivity contribution is 0.0939. The number of hydrogen-bond acceptors (Lipinski definition) is 3. The van der Waals surface area contributed by atoms with Gasteiger partial charge in [0.05, 0.1) is 11.1 Å². The van der Waals surface area contributed by atoms with Crippen LogP contribution in [0.15, 0.2) is 53.4 Å². The van der Waals surface area contributed by atoms with Gasteiger partial charge in [0, 0.05) is 11.3 Å². The summed E-state index contributed by atoms with van der Waals surface area (Å²) in [5, 5.41) is 3.01. The Balaban J connectivity index is 1.86. The van der Waals surface area contributed by atoms with Crippen molar-refractivity contribution in [2.45, 2.75) is 52.5 Å². The normalized spacial score (nSPS) is 12.3. The summed E-state index contributed by atoms with van der Waals surface area (Å²) in [7, 11) is -3.99. The molecule has 1 atom stereocenters. The van der Waals surface area contributed by atoms with Crippen LogP contribution in [-0.2, 0) is 10.0 Å². The van der Waals surface area contributed by atoms with E-state index in [9.17, 15) is 13.2 Å². The molecule has 0 saturated heterocycles. The first kappa shape index (κ1) is 24.8. The van der Waals surface area contributed by atoms with Crippen molar-refractivity contribution in [2.24, 2.45) is 0 Å². The Morgan fingerprint density at radius 2 is 1.45 bits per heavy atom. The van der Waals surface area contributed by atoms with Gasteiger partial charge in [-0.2, -0.15) is 0 Å². The molecule has 0 spiro atoms. The fraction of sp³-hybridized carbons (Fsp3) is 0.269. The largest absolute Gasteiger partial charge is 0.346 e. The van der Waals surface area contributed by atoms with Crippen molar-refractivity contribution in [1.82, 2.24) is 5.32 Å². The number of rotatable bonds is 6. The number of carbonyl (C=O) groups excluding carboxylic acids is 1. The Hall–Kier alpha value is -2.83. The van der Waals surface area contributed by atoms with E-state index in [-0.39, 0.29) is 27.4 Å². The molecule has 0 fully saturated rings. The Kier molecular flexibility index (Phi) is 7.20. The lowest BCUT2D eigenvalue weighted by Gasteiger charge is -2.19. The Labute approximate surface area is 201 Å². The minimum atomic E-state index is -3.99. The summed E-state index contributed by atoms with van der Waals surface area (Å²) in [6.45, 7) is 11.9. The van der Waals surface area contributed by atoms with Crippen molar-refractivity contribution in [2.75, 3.05) is 4.72 Å². The summed E-state index contributed by atoms with van der Waals surface area (Å²) >= 11 is 6.21. The molecule has 0 aliphatic carbocycles. The minimum absolute atomic E-state index is 0.0425. The van der Waals surface area contributed by atoms with E-state index in [1.54, 1.807) is 12.1 Å². The second-order valence-corrected chi connectivity index (χ2v) is 10.6. The maximum atomic E-state index is 13.0. The van der Waals surface area contributed by atoms with Gasteiger partial charge in [-0.05, 0) is 105 Å². The van der Waals surface area contributed by atoms with Gasteiger partial charge in [-0.1, -0.05) is 29.8 Å². The summed E-state index contributed by atoms with van der Waals surface area (Å²) in [4.78, 5) is 12.8. The Morgan fingerprint density at radius 1 is 0.818 bits per heavy atom. The predicted molar refractivity (Wildman–Crippen MR) is 135 cm³/mol. The molecule has 0 aliphatic heterocycles. The van der Waals surface area contributed by atoms with Crippen LogP contribution in [0.3, 0.4) is 0 Å². The molecule has 1 unspecified atom stereocenters. The molecule has 1 amide bonds. The average Bonchev–Trinajstić information content (AvgIpc) is 2.73. The molecule has 7 heteroatoms. The highest BCUT2D eigenvalue weighted by Gasteiger charge is 2.22. The number of amides is 1. The summed E-state index contributed by atoms with van der Waals surface area (Å²) in [5.41, 5.74) is 7.11. The molecule has 0 aromatic heterocycles. The van der Waals surface area contributed by atoms with Crippen LogP contribution in [0.25, 0.3) is 0 Å². The fourth-order valence-electron chi connectivity index (χ4n) is 3.67. The topological polar surface area (TPSA) is 75.3 Å². The van der Waals surface area contributed by atoms with Crippen LogP contribution >= 0.6 is 11.6 Å². The molecule has 3 aromatic carbocycles. The molecule has 2 N–H and O–H groups in total. The molecule has 0 aliphatic rings. The maximum Gasteiger partial charge on any atom is 0.263 e. The first-order valence-corrected chi connectivity index (χ1v) is 12.5. The van der Waals surface area contributed by atoms with E-state index < -0.39 is 10.0 Å².